The van der Waals surface area contributed by atoms with Gasteiger partial charge in [-0.3, -0.25) is 4.90 Å². The summed E-state index contributed by atoms with van der Waals surface area (Å²) in [6, 6.07) is 5.76. The summed E-state index contributed by atoms with van der Waals surface area (Å²) in [5, 5.41) is 6.64. The Bertz CT molecular complexity index is 613. The van der Waals surface area contributed by atoms with Crippen LogP contribution >= 0.6 is 24.0 Å². The molecule has 2 atom stereocenters. The van der Waals surface area contributed by atoms with Crippen LogP contribution in [0.15, 0.2) is 23.2 Å². The van der Waals surface area contributed by atoms with Crippen LogP contribution in [0.25, 0.3) is 0 Å². The molecule has 3 rings (SSSR count). The van der Waals surface area contributed by atoms with Gasteiger partial charge in [-0.1, -0.05) is 12.1 Å². The highest BCUT2D eigenvalue weighted by Crippen LogP contribution is 2.22. The van der Waals surface area contributed by atoms with Gasteiger partial charge in [-0.05, 0) is 50.4 Å². The van der Waals surface area contributed by atoms with Crippen LogP contribution in [0, 0.1) is 12.7 Å². The van der Waals surface area contributed by atoms with Gasteiger partial charge in [0.2, 0.25) is 0 Å². The highest BCUT2D eigenvalue weighted by Gasteiger charge is 2.32. The lowest BCUT2D eigenvalue weighted by molar-refractivity contribution is -0.0453. The van der Waals surface area contributed by atoms with Crippen molar-refractivity contribution in [3.63, 3.8) is 0 Å². The van der Waals surface area contributed by atoms with Crippen LogP contribution in [0.4, 0.5) is 4.39 Å². The summed E-state index contributed by atoms with van der Waals surface area (Å²) in [7, 11) is 0. The second-order valence-corrected chi connectivity index (χ2v) is 6.91. The third-order valence-corrected chi connectivity index (χ3v) is 4.95. The summed E-state index contributed by atoms with van der Waals surface area (Å²) < 4.78 is 19.3. The molecule has 2 aliphatic heterocycles. The van der Waals surface area contributed by atoms with E-state index in [0.29, 0.717) is 18.2 Å². The zero-order valence-electron chi connectivity index (χ0n) is 15.6. The number of hydrogen-bond acceptors (Lipinski definition) is 3. The van der Waals surface area contributed by atoms with Crippen LogP contribution < -0.4 is 10.6 Å². The molecule has 2 fully saturated rings. The molecule has 1 aromatic rings. The highest BCUT2D eigenvalue weighted by molar-refractivity contribution is 14.0. The molecule has 2 aliphatic rings. The van der Waals surface area contributed by atoms with Crippen molar-refractivity contribution in [3.8, 4) is 0 Å². The lowest BCUT2D eigenvalue weighted by atomic mass is 10.1. The van der Waals surface area contributed by atoms with E-state index in [2.05, 4.69) is 20.5 Å². The number of nitrogens with zero attached hydrogens (tertiary/aromatic N) is 2. The van der Waals surface area contributed by atoms with E-state index in [1.165, 1.54) is 25.5 Å². The first-order chi connectivity index (χ1) is 12.2. The number of nitrogens with one attached hydrogen (secondary N) is 2. The van der Waals surface area contributed by atoms with Gasteiger partial charge in [0, 0.05) is 25.7 Å². The Balaban J connectivity index is 0.00000243. The largest absolute Gasteiger partial charge is 0.373 e. The monoisotopic (exact) mass is 476 g/mol. The van der Waals surface area contributed by atoms with Crippen molar-refractivity contribution in [2.24, 2.45) is 4.99 Å². The van der Waals surface area contributed by atoms with Gasteiger partial charge in [0.1, 0.15) is 5.82 Å². The third-order valence-electron chi connectivity index (χ3n) is 4.95. The van der Waals surface area contributed by atoms with Crippen LogP contribution in [0.2, 0.25) is 0 Å². The van der Waals surface area contributed by atoms with Crippen LogP contribution in [0.3, 0.4) is 0 Å². The fourth-order valence-corrected chi connectivity index (χ4v) is 3.54. The van der Waals surface area contributed by atoms with Crippen molar-refractivity contribution in [1.29, 1.82) is 0 Å². The molecule has 0 amide bonds. The molecule has 0 radical (unpaired) electrons. The SMILES string of the molecule is CCNC(=NCc1ccc(F)c(C)c1)NCC1CN2CCCC2CO1.I. The molecular weight excluding hydrogens is 446 g/mol. The number of halogens is 2. The lowest BCUT2D eigenvalue weighted by Gasteiger charge is -2.35. The molecule has 0 saturated carbocycles. The van der Waals surface area contributed by atoms with E-state index in [-0.39, 0.29) is 35.9 Å². The Morgan fingerprint density at radius 2 is 2.23 bits per heavy atom. The van der Waals surface area contributed by atoms with Gasteiger partial charge in [-0.15, -0.1) is 24.0 Å². The molecule has 5 nitrogen and oxygen atoms in total. The second kappa shape index (κ2) is 10.4. The van der Waals surface area contributed by atoms with Crippen LogP contribution in [-0.4, -0.2) is 55.8 Å². The Morgan fingerprint density at radius 3 is 3.00 bits per heavy atom. The summed E-state index contributed by atoms with van der Waals surface area (Å²) in [5.74, 6) is 0.601. The number of aliphatic imine (C=N–C) groups is 1. The molecule has 146 valence electrons. The van der Waals surface area contributed by atoms with Crippen molar-refractivity contribution in [2.75, 3.05) is 32.8 Å². The average Bonchev–Trinajstić information content (AvgIpc) is 3.08. The number of aryl methyl sites for hydroxylation is 1. The van der Waals surface area contributed by atoms with E-state index in [1.54, 1.807) is 13.0 Å². The molecule has 26 heavy (non-hydrogen) atoms. The third kappa shape index (κ3) is 5.79. The van der Waals surface area contributed by atoms with Crippen molar-refractivity contribution in [1.82, 2.24) is 15.5 Å². The Kier molecular flexibility index (Phi) is 8.56. The Labute approximate surface area is 172 Å². The minimum Gasteiger partial charge on any atom is -0.373 e. The van der Waals surface area contributed by atoms with Gasteiger partial charge in [0.15, 0.2) is 5.96 Å². The van der Waals surface area contributed by atoms with Gasteiger partial charge in [0.05, 0.1) is 19.3 Å². The number of guanidine groups is 1. The minimum absolute atomic E-state index is 0. The standard InChI is InChI=1S/C19H29FN4O.HI/c1-3-21-19(22-10-15-6-7-18(20)14(2)9-15)23-11-17-12-24-8-4-5-16(24)13-25-17;/h6-7,9,16-17H,3-5,8,10-13H2,1-2H3,(H2,21,22,23);1H. The zero-order chi connectivity index (χ0) is 17.6. The van der Waals surface area contributed by atoms with E-state index >= 15 is 0 Å². The first-order valence-electron chi connectivity index (χ1n) is 9.28. The van der Waals surface area contributed by atoms with Gasteiger partial charge in [-0.2, -0.15) is 0 Å². The maximum atomic E-state index is 13.4. The predicted molar refractivity (Wildman–Crippen MR) is 114 cm³/mol. The normalized spacial score (nSPS) is 23.3. The number of fused-ring (bicyclic) bond motifs is 1. The van der Waals surface area contributed by atoms with Gasteiger partial charge < -0.3 is 15.4 Å². The number of ether oxygens (including phenoxy) is 1. The van der Waals surface area contributed by atoms with Gasteiger partial charge in [0.25, 0.3) is 0 Å². The van der Waals surface area contributed by atoms with E-state index in [1.807, 2.05) is 13.0 Å². The predicted octanol–water partition coefficient (Wildman–Crippen LogP) is 2.67. The lowest BCUT2D eigenvalue weighted by Crippen LogP contribution is -2.51. The molecule has 0 spiro atoms. The summed E-state index contributed by atoms with van der Waals surface area (Å²) in [5.41, 5.74) is 1.66. The van der Waals surface area contributed by atoms with E-state index < -0.39 is 0 Å². The van der Waals surface area contributed by atoms with Crippen LogP contribution in [0.5, 0.6) is 0 Å². The molecule has 2 N–H and O–H groups in total. The van der Waals surface area contributed by atoms with E-state index in [9.17, 15) is 4.39 Å². The molecule has 0 aliphatic carbocycles. The summed E-state index contributed by atoms with van der Waals surface area (Å²) >= 11 is 0. The van der Waals surface area contributed by atoms with Crippen LogP contribution in [-0.2, 0) is 11.3 Å². The Morgan fingerprint density at radius 1 is 1.38 bits per heavy atom. The highest BCUT2D eigenvalue weighted by atomic mass is 127. The number of benzene rings is 1. The zero-order valence-corrected chi connectivity index (χ0v) is 18.0. The van der Waals surface area contributed by atoms with Gasteiger partial charge in [-0.25, -0.2) is 9.38 Å². The summed E-state index contributed by atoms with van der Waals surface area (Å²) in [6.45, 7) is 8.93. The van der Waals surface area contributed by atoms with E-state index in [0.717, 1.165) is 37.8 Å². The number of rotatable bonds is 5. The van der Waals surface area contributed by atoms with E-state index in [4.69, 9.17) is 4.74 Å². The number of hydrogen-bond donors (Lipinski definition) is 2. The molecule has 2 saturated heterocycles. The second-order valence-electron chi connectivity index (χ2n) is 6.91. The van der Waals surface area contributed by atoms with Crippen molar-refractivity contribution >= 4 is 29.9 Å². The van der Waals surface area contributed by atoms with Crippen molar-refractivity contribution in [2.45, 2.75) is 45.4 Å². The van der Waals surface area contributed by atoms with Gasteiger partial charge >= 0.3 is 0 Å². The molecule has 2 heterocycles. The maximum Gasteiger partial charge on any atom is 0.191 e. The van der Waals surface area contributed by atoms with Crippen LogP contribution in [0.1, 0.15) is 30.9 Å². The molecule has 0 aromatic heterocycles. The number of morpholine rings is 1. The molecule has 0 bridgehead atoms. The topological polar surface area (TPSA) is 48.9 Å². The molecular formula is C19H30FIN4O. The molecule has 7 heteroatoms. The smallest absolute Gasteiger partial charge is 0.191 e. The molecule has 2 unspecified atom stereocenters. The maximum absolute atomic E-state index is 13.4. The average molecular weight is 476 g/mol. The van der Waals surface area contributed by atoms with Crippen molar-refractivity contribution < 1.29 is 9.13 Å². The van der Waals surface area contributed by atoms with Crippen molar-refractivity contribution in [3.05, 3.63) is 35.1 Å². The summed E-state index contributed by atoms with van der Waals surface area (Å²) in [4.78, 5) is 7.15. The fourth-order valence-electron chi connectivity index (χ4n) is 3.54. The minimum atomic E-state index is -0.174. The quantitative estimate of drug-likeness (QED) is 0.390. The summed E-state index contributed by atoms with van der Waals surface area (Å²) in [6.07, 6.45) is 2.75. The molecule has 1 aromatic carbocycles. The first-order valence-corrected chi connectivity index (χ1v) is 9.28. The fraction of sp³-hybridized carbons (Fsp3) is 0.632. The first kappa shape index (κ1) is 21.4. The Hall–Kier alpha value is -0.930.